The lowest BCUT2D eigenvalue weighted by Gasteiger charge is -2.22. The first kappa shape index (κ1) is 44.4. The predicted molar refractivity (Wildman–Crippen MR) is 227 cm³/mol. The fourth-order valence-corrected chi connectivity index (χ4v) is 7.32. The van der Waals surface area contributed by atoms with Crippen molar-refractivity contribution in [1.29, 1.82) is 0 Å². The molecular weight excluding hydrogens is 687 g/mol. The van der Waals surface area contributed by atoms with Crippen LogP contribution in [-0.4, -0.2) is 26.4 Å². The Labute approximate surface area is 328 Å². The lowest BCUT2D eigenvalue weighted by atomic mass is 9.98. The average molecular weight is 760 g/mol. The third kappa shape index (κ3) is 15.4. The zero-order valence-electron chi connectivity index (χ0n) is 33.5. The molecule has 0 N–H and O–H groups in total. The Kier molecular flexibility index (Phi) is 23.5. The van der Waals surface area contributed by atoms with Gasteiger partial charge in [0, 0.05) is 10.8 Å². The summed E-state index contributed by atoms with van der Waals surface area (Å²) in [6.07, 6.45) is 28.9. The first-order valence-electron chi connectivity index (χ1n) is 21.5. The quantitative estimate of drug-likeness (QED) is 0.0469. The highest BCUT2D eigenvalue weighted by Gasteiger charge is 2.25. The van der Waals surface area contributed by atoms with E-state index in [0.717, 1.165) is 83.1 Å². The molecule has 0 fully saturated rings. The molecule has 0 atom stereocenters. The van der Waals surface area contributed by atoms with E-state index in [1.165, 1.54) is 116 Å². The summed E-state index contributed by atoms with van der Waals surface area (Å²) >= 11 is 13.5. The Morgan fingerprint density at radius 3 is 0.942 bits per heavy atom. The minimum absolute atomic E-state index is 0.504. The molecule has 0 aliphatic rings. The average Bonchev–Trinajstić information content (AvgIpc) is 3.14. The lowest BCUT2D eigenvalue weighted by molar-refractivity contribution is 0.290. The summed E-state index contributed by atoms with van der Waals surface area (Å²) in [4.78, 5) is 0. The molecule has 0 unspecified atom stereocenters. The number of halogens is 2. The van der Waals surface area contributed by atoms with E-state index in [-0.39, 0.29) is 0 Å². The van der Waals surface area contributed by atoms with Crippen LogP contribution < -0.4 is 18.9 Å². The second-order valence-electron chi connectivity index (χ2n) is 14.7. The van der Waals surface area contributed by atoms with Crippen molar-refractivity contribution in [1.82, 2.24) is 0 Å². The molecule has 0 aliphatic carbocycles. The normalized spacial score (nSPS) is 11.5. The van der Waals surface area contributed by atoms with Gasteiger partial charge in [-0.05, 0) is 49.9 Å². The van der Waals surface area contributed by atoms with Gasteiger partial charge in [0.1, 0.15) is 23.0 Å². The number of rotatable bonds is 32. The number of benzene rings is 3. The number of fused-ring (bicyclic) bond motifs is 2. The van der Waals surface area contributed by atoms with Crippen molar-refractivity contribution >= 4 is 44.7 Å². The third-order valence-corrected chi connectivity index (χ3v) is 10.9. The molecule has 52 heavy (non-hydrogen) atoms. The van der Waals surface area contributed by atoms with Crippen molar-refractivity contribution in [3.05, 3.63) is 34.3 Å². The summed E-state index contributed by atoms with van der Waals surface area (Å²) in [5.41, 5.74) is 0. The van der Waals surface area contributed by atoms with E-state index in [9.17, 15) is 0 Å². The van der Waals surface area contributed by atoms with E-state index in [2.05, 4.69) is 39.8 Å². The van der Waals surface area contributed by atoms with Crippen molar-refractivity contribution in [2.75, 3.05) is 26.4 Å². The molecule has 0 saturated heterocycles. The van der Waals surface area contributed by atoms with E-state index in [4.69, 9.17) is 42.1 Å². The molecule has 3 aromatic carbocycles. The van der Waals surface area contributed by atoms with Crippen LogP contribution in [0.15, 0.2) is 24.3 Å². The van der Waals surface area contributed by atoms with Crippen molar-refractivity contribution < 1.29 is 18.9 Å². The topological polar surface area (TPSA) is 36.9 Å². The van der Waals surface area contributed by atoms with Gasteiger partial charge in [-0.15, -0.1) is 0 Å². The summed E-state index contributed by atoms with van der Waals surface area (Å²) < 4.78 is 27.0. The second-order valence-corrected chi connectivity index (χ2v) is 15.6. The van der Waals surface area contributed by atoms with Crippen LogP contribution in [0.25, 0.3) is 21.5 Å². The Bertz CT molecular complexity index is 1290. The summed E-state index contributed by atoms with van der Waals surface area (Å²) in [6, 6.07) is 8.06. The molecule has 0 spiro atoms. The van der Waals surface area contributed by atoms with E-state index in [1.54, 1.807) is 0 Å². The van der Waals surface area contributed by atoms with E-state index >= 15 is 0 Å². The van der Waals surface area contributed by atoms with Gasteiger partial charge in [0.25, 0.3) is 0 Å². The van der Waals surface area contributed by atoms with Gasteiger partial charge < -0.3 is 18.9 Å². The van der Waals surface area contributed by atoms with Gasteiger partial charge in [0.2, 0.25) is 0 Å². The maximum Gasteiger partial charge on any atom is 0.139 e. The van der Waals surface area contributed by atoms with Crippen molar-refractivity contribution in [2.24, 2.45) is 0 Å². The van der Waals surface area contributed by atoms with E-state index in [1.807, 2.05) is 12.1 Å². The predicted octanol–water partition coefficient (Wildman–Crippen LogP) is 16.3. The zero-order valence-corrected chi connectivity index (χ0v) is 35.0. The van der Waals surface area contributed by atoms with Gasteiger partial charge in [-0.2, -0.15) is 0 Å². The molecular formula is C46H72Cl2O4. The Hall–Kier alpha value is -2.04. The van der Waals surface area contributed by atoms with Gasteiger partial charge in [-0.25, -0.2) is 0 Å². The maximum absolute atomic E-state index is 6.82. The van der Waals surface area contributed by atoms with Crippen LogP contribution in [-0.2, 0) is 0 Å². The van der Waals surface area contributed by atoms with Crippen LogP contribution in [0.4, 0.5) is 0 Å². The lowest BCUT2D eigenvalue weighted by Crippen LogP contribution is -2.06. The van der Waals surface area contributed by atoms with Crippen molar-refractivity contribution in [3.8, 4) is 23.0 Å². The van der Waals surface area contributed by atoms with Crippen LogP contribution in [0.3, 0.4) is 0 Å². The number of unbranched alkanes of at least 4 members (excludes halogenated alkanes) is 20. The monoisotopic (exact) mass is 758 g/mol. The highest BCUT2D eigenvalue weighted by Crippen LogP contribution is 2.51. The van der Waals surface area contributed by atoms with Gasteiger partial charge in [-0.1, -0.05) is 179 Å². The van der Waals surface area contributed by atoms with E-state index in [0.29, 0.717) is 36.5 Å². The fourth-order valence-electron chi connectivity index (χ4n) is 6.99. The smallest absolute Gasteiger partial charge is 0.139 e. The fraction of sp³-hybridized carbons (Fsp3) is 0.696. The molecule has 3 rings (SSSR count). The highest BCUT2D eigenvalue weighted by atomic mass is 35.5. The zero-order chi connectivity index (χ0) is 37.2. The first-order chi connectivity index (χ1) is 25.6. The van der Waals surface area contributed by atoms with Gasteiger partial charge >= 0.3 is 0 Å². The van der Waals surface area contributed by atoms with Gasteiger partial charge in [-0.3, -0.25) is 0 Å². The largest absolute Gasteiger partial charge is 0.493 e. The summed E-state index contributed by atoms with van der Waals surface area (Å²) in [5, 5.41) is 4.66. The van der Waals surface area contributed by atoms with Gasteiger partial charge in [0.05, 0.1) is 47.2 Å². The SMILES string of the molecule is CCCCCCCCOc1ccc(OCCCCCCCC)c2c(OCCCCCCCC)c3cc(Cl)c(Cl)cc3c(OCCCCCCCC)c12. The van der Waals surface area contributed by atoms with Crippen LogP contribution in [0.2, 0.25) is 10.0 Å². The highest BCUT2D eigenvalue weighted by molar-refractivity contribution is 6.43. The second kappa shape index (κ2) is 27.5. The summed E-state index contributed by atoms with van der Waals surface area (Å²) in [5.74, 6) is 3.19. The molecule has 0 bridgehead atoms. The molecule has 4 nitrogen and oxygen atoms in total. The molecule has 3 aromatic rings. The number of ether oxygens (including phenoxy) is 4. The standard InChI is InChI=1S/C46H72Cl2O4/c1-5-9-13-17-21-25-31-49-41-29-30-42(50-32-26-22-18-14-10-6-2)44-43(41)45(51-33-27-23-19-15-11-7-3)37-35-39(47)40(48)36-38(37)46(44)52-34-28-24-20-16-12-8-4/h29-30,35-36H,5-28,31-34H2,1-4H3. The molecule has 0 saturated carbocycles. The van der Waals surface area contributed by atoms with Crippen LogP contribution in [0.5, 0.6) is 23.0 Å². The summed E-state index contributed by atoms with van der Waals surface area (Å²) in [6.45, 7) is 11.6. The minimum atomic E-state index is 0.504. The van der Waals surface area contributed by atoms with Crippen LogP contribution in [0.1, 0.15) is 182 Å². The first-order valence-corrected chi connectivity index (χ1v) is 22.2. The Morgan fingerprint density at radius 1 is 0.365 bits per heavy atom. The molecule has 0 heterocycles. The summed E-state index contributed by atoms with van der Waals surface area (Å²) in [7, 11) is 0. The molecule has 0 aromatic heterocycles. The van der Waals surface area contributed by atoms with Crippen LogP contribution in [0, 0.1) is 0 Å². The number of hydrogen-bond acceptors (Lipinski definition) is 4. The molecule has 6 heteroatoms. The Morgan fingerprint density at radius 2 is 0.635 bits per heavy atom. The maximum atomic E-state index is 6.82. The van der Waals surface area contributed by atoms with E-state index < -0.39 is 0 Å². The Balaban J connectivity index is 2.06. The molecule has 0 amide bonds. The minimum Gasteiger partial charge on any atom is -0.493 e. The third-order valence-electron chi connectivity index (χ3n) is 10.1. The van der Waals surface area contributed by atoms with Crippen molar-refractivity contribution in [2.45, 2.75) is 182 Å². The number of hydrogen-bond donors (Lipinski definition) is 0. The van der Waals surface area contributed by atoms with Crippen molar-refractivity contribution in [3.63, 3.8) is 0 Å². The molecule has 294 valence electrons. The molecule has 0 aliphatic heterocycles. The van der Waals surface area contributed by atoms with Crippen LogP contribution >= 0.6 is 23.2 Å². The van der Waals surface area contributed by atoms with Gasteiger partial charge in [0.15, 0.2) is 0 Å². The molecule has 0 radical (unpaired) electrons.